The Morgan fingerprint density at radius 3 is 2.12 bits per heavy atom. The van der Waals surface area contributed by atoms with Gasteiger partial charge in [0.05, 0.1) is 17.7 Å². The topological polar surface area (TPSA) is 161 Å². The van der Waals surface area contributed by atoms with Crippen molar-refractivity contribution in [1.82, 2.24) is 9.13 Å². The third-order valence-corrected chi connectivity index (χ3v) is 19.3. The Bertz CT molecular complexity index is 1440. The van der Waals surface area contributed by atoms with Crippen LogP contribution in [0.25, 0.3) is 0 Å². The second kappa shape index (κ2) is 11.4. The van der Waals surface area contributed by atoms with E-state index in [1.807, 2.05) is 33.9 Å². The second-order valence-corrected chi connectivity index (χ2v) is 25.3. The summed E-state index contributed by atoms with van der Waals surface area (Å²) in [5, 5.41) is 9.77. The number of aryl methyl sites for hydroxylation is 1. The molecule has 1 spiro atoms. The molecule has 1 aromatic rings. The zero-order valence-electron chi connectivity index (χ0n) is 26.8. The summed E-state index contributed by atoms with van der Waals surface area (Å²) in [6.07, 6.45) is -1.87. The lowest BCUT2D eigenvalue weighted by Crippen LogP contribution is -2.59. The fraction of sp³-hybridized carbons (Fsp3) is 0.778. The molecule has 0 saturated carbocycles. The number of aliphatic hydroxyl groups excluding tert-OH is 1. The third-order valence-electron chi connectivity index (χ3n) is 9.25. The quantitative estimate of drug-likeness (QED) is 0.301. The van der Waals surface area contributed by atoms with E-state index in [1.165, 1.54) is 10.8 Å². The van der Waals surface area contributed by atoms with Gasteiger partial charge in [-0.15, -0.1) is 0 Å². The van der Waals surface area contributed by atoms with Crippen LogP contribution in [0.1, 0.15) is 59.8 Å². The first-order chi connectivity index (χ1) is 18.9. The molecule has 0 amide bonds. The lowest BCUT2D eigenvalue weighted by atomic mass is 9.89. The molecule has 1 saturated heterocycles. The van der Waals surface area contributed by atoms with E-state index >= 15 is 0 Å². The van der Waals surface area contributed by atoms with Gasteiger partial charge in [-0.25, -0.2) is 8.98 Å². The molecule has 3 heterocycles. The van der Waals surface area contributed by atoms with Gasteiger partial charge in [-0.1, -0.05) is 41.5 Å². The fourth-order valence-corrected chi connectivity index (χ4v) is 8.09. The summed E-state index contributed by atoms with van der Waals surface area (Å²) in [6.45, 7) is 21.8. The van der Waals surface area contributed by atoms with Gasteiger partial charge in [0.1, 0.15) is 12.2 Å². The molecule has 42 heavy (non-hydrogen) atoms. The number of hydrogen-bond acceptors (Lipinski definition) is 10. The van der Waals surface area contributed by atoms with Crippen LogP contribution in [0.2, 0.25) is 36.3 Å². The van der Waals surface area contributed by atoms with Gasteiger partial charge in [0, 0.05) is 24.9 Å². The molecular formula is C27H49N3O9SSi2. The smallest absolute Gasteiger partial charge is 0.333 e. The van der Waals surface area contributed by atoms with E-state index in [0.717, 1.165) is 9.98 Å². The van der Waals surface area contributed by atoms with Crippen LogP contribution in [0.15, 0.2) is 26.9 Å². The second-order valence-electron chi connectivity index (χ2n) is 14.4. The molecule has 12 nitrogen and oxygen atoms in total. The zero-order chi connectivity index (χ0) is 32.3. The Balaban J connectivity index is 2.29. The summed E-state index contributed by atoms with van der Waals surface area (Å²) in [5.41, 5.74) is 3.68. The van der Waals surface area contributed by atoms with E-state index in [1.54, 1.807) is 6.92 Å². The van der Waals surface area contributed by atoms with E-state index in [-0.39, 0.29) is 47.5 Å². The molecule has 1 fully saturated rings. The van der Waals surface area contributed by atoms with E-state index in [9.17, 15) is 23.1 Å². The van der Waals surface area contributed by atoms with Crippen molar-refractivity contribution >= 4 is 26.8 Å². The van der Waals surface area contributed by atoms with Gasteiger partial charge in [-0.05, 0) is 49.6 Å². The monoisotopic (exact) mass is 647 g/mol. The maximum atomic E-state index is 13.8. The highest BCUT2D eigenvalue weighted by Gasteiger charge is 2.67. The molecule has 0 aromatic carbocycles. The van der Waals surface area contributed by atoms with Crippen LogP contribution in [-0.4, -0.2) is 70.3 Å². The van der Waals surface area contributed by atoms with Crippen molar-refractivity contribution in [2.75, 3.05) is 13.2 Å². The number of aromatic nitrogens is 2. The number of hydrogen-bond donors (Lipinski definition) is 2. The maximum Gasteiger partial charge on any atom is 0.333 e. The van der Waals surface area contributed by atoms with Crippen LogP contribution < -0.4 is 17.0 Å². The summed E-state index contributed by atoms with van der Waals surface area (Å²) in [5.74, 6) is 0. The summed E-state index contributed by atoms with van der Waals surface area (Å²) >= 11 is 0. The van der Waals surface area contributed by atoms with E-state index in [2.05, 4.69) is 33.9 Å². The van der Waals surface area contributed by atoms with Crippen LogP contribution in [-0.2, 0) is 34.4 Å². The van der Waals surface area contributed by atoms with Crippen LogP contribution in [0.4, 0.5) is 0 Å². The minimum atomic E-state index is -4.22. The van der Waals surface area contributed by atoms with Crippen molar-refractivity contribution in [2.24, 2.45) is 5.73 Å². The lowest BCUT2D eigenvalue weighted by Gasteiger charge is -2.43. The summed E-state index contributed by atoms with van der Waals surface area (Å²) < 4.78 is 53.9. The van der Waals surface area contributed by atoms with E-state index in [0.29, 0.717) is 0 Å². The zero-order valence-corrected chi connectivity index (χ0v) is 29.6. The van der Waals surface area contributed by atoms with Crippen LogP contribution >= 0.6 is 0 Å². The van der Waals surface area contributed by atoms with Gasteiger partial charge in [-0.2, -0.15) is 8.42 Å². The lowest BCUT2D eigenvalue weighted by molar-refractivity contribution is -0.0567. The highest BCUT2D eigenvalue weighted by Crippen LogP contribution is 2.52. The predicted molar refractivity (Wildman–Crippen MR) is 166 cm³/mol. The molecule has 0 bridgehead atoms. The molecular weight excluding hydrogens is 599 g/mol. The van der Waals surface area contributed by atoms with Gasteiger partial charge in [0.15, 0.2) is 28.5 Å². The predicted octanol–water partition coefficient (Wildman–Crippen LogP) is 2.91. The van der Waals surface area contributed by atoms with Crippen molar-refractivity contribution in [3.63, 3.8) is 0 Å². The molecule has 0 radical (unpaired) electrons. The van der Waals surface area contributed by atoms with Crippen LogP contribution in [0, 0.1) is 6.92 Å². The van der Waals surface area contributed by atoms with Gasteiger partial charge in [-0.3, -0.25) is 13.9 Å². The van der Waals surface area contributed by atoms with Crippen molar-refractivity contribution in [3.8, 4) is 0 Å². The van der Waals surface area contributed by atoms with Gasteiger partial charge in [0.2, 0.25) is 0 Å². The molecule has 2 aliphatic rings. The first-order valence-corrected chi connectivity index (χ1v) is 21.5. The van der Waals surface area contributed by atoms with E-state index < -0.39 is 62.0 Å². The standard InChI is InChI=1S/C27H49N3O9SSi2/c1-18-15-30(24(33)29(22(18)32)13-12-14-31)23-21(38-42(10,11)26(5,6)7)27(19(28)17-40(34,35)39-27)20(37-23)16-36-41(8,9)25(2,3)4/h15,17,20-21,23,31H,12-14,16,28H2,1-11H3/t20?,21-,23+,27?/m0/s1. The first-order valence-electron chi connectivity index (χ1n) is 14.3. The molecule has 15 heteroatoms. The normalized spacial score (nSPS) is 26.7. The highest BCUT2D eigenvalue weighted by atomic mass is 32.2. The molecule has 1 aromatic heterocycles. The third kappa shape index (κ3) is 6.29. The first kappa shape index (κ1) is 34.9. The Morgan fingerprint density at radius 2 is 1.64 bits per heavy atom. The minimum Gasteiger partial charge on any atom is -0.414 e. The van der Waals surface area contributed by atoms with Crippen molar-refractivity contribution in [2.45, 2.75) is 122 Å². The molecule has 2 unspecified atom stereocenters. The van der Waals surface area contributed by atoms with Crippen LogP contribution in [0.3, 0.4) is 0 Å². The van der Waals surface area contributed by atoms with Crippen LogP contribution in [0.5, 0.6) is 0 Å². The van der Waals surface area contributed by atoms with Gasteiger partial charge >= 0.3 is 5.69 Å². The van der Waals surface area contributed by atoms with Crippen molar-refractivity contribution in [3.05, 3.63) is 43.7 Å². The number of aliphatic hydroxyl groups is 1. The Labute approximate surface area is 251 Å². The highest BCUT2D eigenvalue weighted by molar-refractivity contribution is 7.90. The maximum absolute atomic E-state index is 13.8. The number of rotatable bonds is 9. The van der Waals surface area contributed by atoms with Crippen molar-refractivity contribution < 1.29 is 31.3 Å². The Hall–Kier alpha value is -1.60. The number of nitrogens with two attached hydrogens (primary N) is 1. The summed E-state index contributed by atoms with van der Waals surface area (Å²) in [7, 11) is -9.28. The number of nitrogens with zero attached hydrogens (tertiary/aromatic N) is 2. The van der Waals surface area contributed by atoms with Gasteiger partial charge in [0.25, 0.3) is 15.7 Å². The SMILES string of the molecule is Cc1cn([C@@H]2OC(CO[Si](C)(C)C(C)(C)C)C3(OS(=O)(=O)C=C3N)[C@H]2O[Si](C)(C)C(C)(C)C)c(=O)n(CCCO)c1=O. The summed E-state index contributed by atoms with van der Waals surface area (Å²) in [6, 6.07) is 0. The molecule has 2 aliphatic heterocycles. The van der Waals surface area contributed by atoms with Crippen molar-refractivity contribution in [1.29, 1.82) is 0 Å². The van der Waals surface area contributed by atoms with E-state index in [4.69, 9.17) is 23.5 Å². The average molecular weight is 648 g/mol. The molecule has 0 aliphatic carbocycles. The molecule has 4 atom stereocenters. The molecule has 240 valence electrons. The van der Waals surface area contributed by atoms with Gasteiger partial charge < -0.3 is 24.4 Å². The summed E-state index contributed by atoms with van der Waals surface area (Å²) in [4.78, 5) is 26.7. The molecule has 3 N–H and O–H groups in total. The Kier molecular flexibility index (Phi) is 9.47. The average Bonchev–Trinajstić information content (AvgIpc) is 3.25. The fourth-order valence-electron chi connectivity index (χ4n) is 4.58. The number of ether oxygens (including phenoxy) is 1. The Morgan fingerprint density at radius 1 is 1.07 bits per heavy atom. The molecule has 3 rings (SSSR count). The minimum absolute atomic E-state index is 0.00764. The largest absolute Gasteiger partial charge is 0.414 e.